The van der Waals surface area contributed by atoms with E-state index in [-0.39, 0.29) is 0 Å². The third-order valence-corrected chi connectivity index (χ3v) is 12.0. The van der Waals surface area contributed by atoms with Crippen molar-refractivity contribution in [3.8, 4) is 44.8 Å². The fourth-order valence-electron chi connectivity index (χ4n) is 9.04. The highest BCUT2D eigenvalue weighted by atomic mass is 15.0. The van der Waals surface area contributed by atoms with Crippen LogP contribution in [-0.2, 0) is 6.42 Å². The average molecular weight is 807 g/mol. The van der Waals surface area contributed by atoms with Crippen LogP contribution in [0.2, 0.25) is 0 Å². The second-order valence-electron chi connectivity index (χ2n) is 15.8. The van der Waals surface area contributed by atoms with Crippen LogP contribution in [0.1, 0.15) is 5.82 Å². The summed E-state index contributed by atoms with van der Waals surface area (Å²) in [6.07, 6.45) is 6.99. The molecule has 11 aromatic rings. The van der Waals surface area contributed by atoms with Gasteiger partial charge in [0.25, 0.3) is 0 Å². The van der Waals surface area contributed by atoms with Gasteiger partial charge in [0.05, 0.1) is 33.5 Å². The Balaban J connectivity index is 1.12. The summed E-state index contributed by atoms with van der Waals surface area (Å²) in [5, 5.41) is 4.80. The number of para-hydroxylation sites is 4. The van der Waals surface area contributed by atoms with Gasteiger partial charge in [0, 0.05) is 50.5 Å². The maximum absolute atomic E-state index is 5.34. The zero-order chi connectivity index (χ0) is 42.1. The fraction of sp³-hybridized carbons (Fsp3) is 0.0169. The topological polar surface area (TPSA) is 35.6 Å². The molecule has 0 amide bonds. The molecule has 0 aliphatic heterocycles. The molecule has 0 fully saturated rings. The van der Waals surface area contributed by atoms with Gasteiger partial charge in [0.2, 0.25) is 0 Å². The van der Waals surface area contributed by atoms with E-state index in [0.717, 1.165) is 84.1 Å². The summed E-state index contributed by atoms with van der Waals surface area (Å²) in [6.45, 7) is 4.41. The van der Waals surface area contributed by atoms with Gasteiger partial charge < -0.3 is 9.13 Å². The number of hydrogen-bond donors (Lipinski definition) is 0. The summed E-state index contributed by atoms with van der Waals surface area (Å²) < 4.78 is 4.70. The van der Waals surface area contributed by atoms with Crippen molar-refractivity contribution in [2.75, 3.05) is 0 Å². The van der Waals surface area contributed by atoms with Crippen molar-refractivity contribution >= 4 is 55.0 Å². The molecular weight excluding hydrogens is 765 g/mol. The Morgan fingerprint density at radius 2 is 0.746 bits per heavy atom. The molecule has 3 aromatic heterocycles. The van der Waals surface area contributed by atoms with Crippen LogP contribution in [-0.4, -0.2) is 19.1 Å². The summed E-state index contributed by atoms with van der Waals surface area (Å²) in [5.41, 5.74) is 14.9. The summed E-state index contributed by atoms with van der Waals surface area (Å²) >= 11 is 0. The molecule has 298 valence electrons. The highest BCUT2D eigenvalue weighted by Gasteiger charge is 2.17. The van der Waals surface area contributed by atoms with E-state index in [4.69, 9.17) is 9.97 Å². The average Bonchev–Trinajstić information content (AvgIpc) is 3.88. The van der Waals surface area contributed by atoms with Gasteiger partial charge in [-0.25, -0.2) is 9.97 Å². The molecule has 63 heavy (non-hydrogen) atoms. The molecule has 0 spiro atoms. The van der Waals surface area contributed by atoms with Crippen LogP contribution in [0.4, 0.5) is 0 Å². The molecular formula is C59H42N4. The van der Waals surface area contributed by atoms with Gasteiger partial charge in [-0.2, -0.15) is 0 Å². The predicted molar refractivity (Wildman–Crippen MR) is 265 cm³/mol. The molecule has 0 atom stereocenters. The summed E-state index contributed by atoms with van der Waals surface area (Å²) in [6, 6.07) is 75.0. The maximum Gasteiger partial charge on any atom is 0.133 e. The maximum atomic E-state index is 5.34. The van der Waals surface area contributed by atoms with Crippen molar-refractivity contribution in [3.63, 3.8) is 0 Å². The highest BCUT2D eigenvalue weighted by molar-refractivity contribution is 6.12. The molecule has 0 radical (unpaired) electrons. The number of fused-ring (bicyclic) bond motifs is 6. The molecule has 4 heteroatoms. The Morgan fingerprint density at radius 1 is 0.381 bits per heavy atom. The second-order valence-corrected chi connectivity index (χ2v) is 15.8. The van der Waals surface area contributed by atoms with Gasteiger partial charge in [-0.3, -0.25) is 0 Å². The molecule has 0 saturated carbocycles. The third kappa shape index (κ3) is 7.04. The van der Waals surface area contributed by atoms with Crippen molar-refractivity contribution in [2.45, 2.75) is 6.42 Å². The van der Waals surface area contributed by atoms with Crippen molar-refractivity contribution in [2.24, 2.45) is 0 Å². The van der Waals surface area contributed by atoms with Crippen LogP contribution in [0.15, 0.2) is 237 Å². The first-order valence-corrected chi connectivity index (χ1v) is 21.4. The van der Waals surface area contributed by atoms with Crippen LogP contribution >= 0.6 is 0 Å². The molecule has 8 aromatic carbocycles. The summed E-state index contributed by atoms with van der Waals surface area (Å²) in [5.74, 6) is 0.724. The molecule has 11 rings (SSSR count). The third-order valence-electron chi connectivity index (χ3n) is 12.0. The van der Waals surface area contributed by atoms with E-state index in [9.17, 15) is 0 Å². The van der Waals surface area contributed by atoms with E-state index in [1.54, 1.807) is 0 Å². The van der Waals surface area contributed by atoms with E-state index in [1.165, 1.54) is 21.5 Å². The molecule has 0 aliphatic rings. The van der Waals surface area contributed by atoms with Crippen LogP contribution in [0.5, 0.6) is 0 Å². The molecule has 0 N–H and O–H groups in total. The molecule has 3 heterocycles. The van der Waals surface area contributed by atoms with Gasteiger partial charge in [-0.1, -0.05) is 183 Å². The number of aromatic nitrogens is 4. The predicted octanol–water partition coefficient (Wildman–Crippen LogP) is 15.2. The number of allylic oxidation sites excluding steroid dienone is 5. The Morgan fingerprint density at radius 3 is 1.17 bits per heavy atom. The molecule has 0 bridgehead atoms. The zero-order valence-electron chi connectivity index (χ0n) is 34.6. The summed E-state index contributed by atoms with van der Waals surface area (Å²) in [4.78, 5) is 10.7. The van der Waals surface area contributed by atoms with Crippen LogP contribution in [0.25, 0.3) is 99.8 Å². The lowest BCUT2D eigenvalue weighted by molar-refractivity contribution is 0.994. The SMILES string of the molecule is C=C/C(=C\C(=C/Cc1nc(-c2cccc(-c3ccccc3)c2)cc(-c2cccc(-c3ccccc3)c2)n1)n1c2ccccc2c2ccccc21)n1c2ccccc2c2ccccc21. The van der Waals surface area contributed by atoms with E-state index >= 15 is 0 Å². The van der Waals surface area contributed by atoms with E-state index < -0.39 is 0 Å². The van der Waals surface area contributed by atoms with Gasteiger partial charge in [-0.15, -0.1) is 0 Å². The van der Waals surface area contributed by atoms with Crippen molar-refractivity contribution in [1.82, 2.24) is 19.1 Å². The number of rotatable bonds is 10. The van der Waals surface area contributed by atoms with Crippen LogP contribution in [0, 0.1) is 0 Å². The van der Waals surface area contributed by atoms with Crippen molar-refractivity contribution in [1.29, 1.82) is 0 Å². The lowest BCUT2D eigenvalue weighted by Gasteiger charge is -2.14. The van der Waals surface area contributed by atoms with E-state index in [2.05, 4.69) is 240 Å². The van der Waals surface area contributed by atoms with Gasteiger partial charge >= 0.3 is 0 Å². The van der Waals surface area contributed by atoms with Gasteiger partial charge in [0.1, 0.15) is 5.82 Å². The molecule has 0 unspecified atom stereocenters. The van der Waals surface area contributed by atoms with Crippen LogP contribution in [0.3, 0.4) is 0 Å². The quantitative estimate of drug-likeness (QED) is 0.129. The van der Waals surface area contributed by atoms with E-state index in [0.29, 0.717) is 6.42 Å². The minimum absolute atomic E-state index is 0.474. The Hall–Kier alpha value is -8.34. The minimum Gasteiger partial charge on any atom is -0.309 e. The second kappa shape index (κ2) is 16.3. The minimum atomic E-state index is 0.474. The molecule has 0 saturated heterocycles. The van der Waals surface area contributed by atoms with Crippen molar-refractivity contribution < 1.29 is 0 Å². The fourth-order valence-corrected chi connectivity index (χ4v) is 9.04. The lowest BCUT2D eigenvalue weighted by atomic mass is 9.99. The largest absolute Gasteiger partial charge is 0.309 e. The number of hydrogen-bond acceptors (Lipinski definition) is 2. The smallest absolute Gasteiger partial charge is 0.133 e. The highest BCUT2D eigenvalue weighted by Crippen LogP contribution is 2.37. The van der Waals surface area contributed by atoms with Gasteiger partial charge in [-0.05, 0) is 76.9 Å². The van der Waals surface area contributed by atoms with E-state index in [1.807, 2.05) is 6.08 Å². The summed E-state index contributed by atoms with van der Waals surface area (Å²) in [7, 11) is 0. The zero-order valence-corrected chi connectivity index (χ0v) is 34.6. The van der Waals surface area contributed by atoms with Crippen LogP contribution < -0.4 is 0 Å². The Bertz CT molecular complexity index is 3340. The first-order valence-electron chi connectivity index (χ1n) is 21.4. The molecule has 0 aliphatic carbocycles. The standard InChI is InChI=1S/C59H42N4/c1-2-47(62-55-31-13-9-27-49(55)50-28-10-14-32-56(50)62)39-48(63-57-33-15-11-29-51(57)52-30-12-16-34-58(52)63)35-36-59-60-53(45-25-17-23-43(37-45)41-19-5-3-6-20-41)40-54(61-59)46-26-18-24-44(38-46)42-21-7-4-8-22-42/h2-35,37-40H,1,36H2/b47-39+,48-35+. The molecule has 4 nitrogen and oxygen atoms in total. The van der Waals surface area contributed by atoms with Gasteiger partial charge in [0.15, 0.2) is 0 Å². The first kappa shape index (κ1) is 37.6. The number of benzene rings is 8. The first-order chi connectivity index (χ1) is 31.2. The Kier molecular flexibility index (Phi) is 9.72. The number of nitrogens with zero attached hydrogens (tertiary/aromatic N) is 4. The Labute approximate surface area is 366 Å². The monoisotopic (exact) mass is 806 g/mol. The normalized spacial score (nSPS) is 12.1. The van der Waals surface area contributed by atoms with Crippen molar-refractivity contribution in [3.05, 3.63) is 243 Å². The lowest BCUT2D eigenvalue weighted by Crippen LogP contribution is -2.02.